The summed E-state index contributed by atoms with van der Waals surface area (Å²) in [6, 6.07) is 21.9. The van der Waals surface area contributed by atoms with E-state index in [0.717, 1.165) is 21.5 Å². The van der Waals surface area contributed by atoms with Crippen LogP contribution >= 0.6 is 11.8 Å². The Morgan fingerprint density at radius 3 is 2.61 bits per heavy atom. The van der Waals surface area contributed by atoms with Crippen molar-refractivity contribution < 1.29 is 4.79 Å². The molecule has 23 heavy (non-hydrogen) atoms. The van der Waals surface area contributed by atoms with Gasteiger partial charge >= 0.3 is 0 Å². The second-order valence-electron chi connectivity index (χ2n) is 5.31. The van der Waals surface area contributed by atoms with Gasteiger partial charge in [0.15, 0.2) is 0 Å². The third-order valence-corrected chi connectivity index (χ3v) is 4.59. The molecule has 0 radical (unpaired) electrons. The van der Waals surface area contributed by atoms with Crippen molar-refractivity contribution >= 4 is 28.6 Å². The lowest BCUT2D eigenvalue weighted by molar-refractivity contribution is -0.120. The summed E-state index contributed by atoms with van der Waals surface area (Å²) >= 11 is 1.48. The molecule has 0 bridgehead atoms. The molecule has 3 rings (SSSR count). The first-order valence-corrected chi connectivity index (χ1v) is 8.44. The number of para-hydroxylation sites is 1. The topological polar surface area (TPSA) is 42.0 Å². The highest BCUT2D eigenvalue weighted by molar-refractivity contribution is 8.00. The van der Waals surface area contributed by atoms with E-state index in [9.17, 15) is 4.79 Å². The quantitative estimate of drug-likeness (QED) is 0.721. The number of rotatable bonds is 5. The summed E-state index contributed by atoms with van der Waals surface area (Å²) < 4.78 is 0. The van der Waals surface area contributed by atoms with Crippen LogP contribution in [-0.4, -0.2) is 16.1 Å². The molecule has 1 atom stereocenters. The van der Waals surface area contributed by atoms with Crippen LogP contribution in [0.3, 0.4) is 0 Å². The van der Waals surface area contributed by atoms with Gasteiger partial charge < -0.3 is 5.32 Å². The van der Waals surface area contributed by atoms with Crippen molar-refractivity contribution in [3.8, 4) is 0 Å². The van der Waals surface area contributed by atoms with Crippen molar-refractivity contribution in [2.75, 3.05) is 0 Å². The van der Waals surface area contributed by atoms with E-state index in [2.05, 4.69) is 10.3 Å². The minimum atomic E-state index is -0.188. The average Bonchev–Trinajstić information content (AvgIpc) is 2.60. The van der Waals surface area contributed by atoms with Crippen molar-refractivity contribution in [3.63, 3.8) is 0 Å². The summed E-state index contributed by atoms with van der Waals surface area (Å²) in [5.41, 5.74) is 2.05. The summed E-state index contributed by atoms with van der Waals surface area (Å²) in [5.74, 6) is 0.0220. The molecule has 0 unspecified atom stereocenters. The van der Waals surface area contributed by atoms with Gasteiger partial charge in [-0.2, -0.15) is 0 Å². The first-order valence-electron chi connectivity index (χ1n) is 7.56. The third kappa shape index (κ3) is 4.11. The number of benzene rings is 2. The number of nitrogens with zero attached hydrogens (tertiary/aromatic N) is 1. The molecule has 116 valence electrons. The lowest BCUT2D eigenvalue weighted by Crippen LogP contribution is -2.30. The Hall–Kier alpha value is -2.33. The molecule has 0 aliphatic carbocycles. The maximum Gasteiger partial charge on any atom is 0.233 e. The molecule has 0 spiro atoms. The standard InChI is InChI=1S/C19H18N2OS/c1-14(19(22)20-13-15-7-3-2-4-8-15)23-18-12-11-16-9-5-6-10-17(16)21-18/h2-12,14H,13H2,1H3,(H,20,22)/t14-/m0/s1. The molecule has 4 heteroatoms. The van der Waals surface area contributed by atoms with Crippen LogP contribution in [0.5, 0.6) is 0 Å². The molecule has 1 N–H and O–H groups in total. The van der Waals surface area contributed by atoms with E-state index in [1.807, 2.05) is 73.7 Å². The number of nitrogens with one attached hydrogen (secondary N) is 1. The summed E-state index contributed by atoms with van der Waals surface area (Å²) in [7, 11) is 0. The Balaban J connectivity index is 1.60. The molecule has 1 amide bonds. The van der Waals surface area contributed by atoms with Crippen LogP contribution in [0.25, 0.3) is 10.9 Å². The van der Waals surface area contributed by atoms with Gasteiger partial charge in [0.25, 0.3) is 0 Å². The molecule has 3 nitrogen and oxygen atoms in total. The van der Waals surface area contributed by atoms with Gasteiger partial charge in [-0.25, -0.2) is 4.98 Å². The fourth-order valence-electron chi connectivity index (χ4n) is 2.28. The van der Waals surface area contributed by atoms with Crippen LogP contribution < -0.4 is 5.32 Å². The van der Waals surface area contributed by atoms with Gasteiger partial charge in [-0.3, -0.25) is 4.79 Å². The predicted octanol–water partition coefficient (Wildman–Crippen LogP) is 4.03. The van der Waals surface area contributed by atoms with Crippen LogP contribution in [0.4, 0.5) is 0 Å². The number of hydrogen-bond donors (Lipinski definition) is 1. The second-order valence-corrected chi connectivity index (χ2v) is 6.67. The molecular weight excluding hydrogens is 304 g/mol. The molecule has 0 fully saturated rings. The monoisotopic (exact) mass is 322 g/mol. The lowest BCUT2D eigenvalue weighted by atomic mass is 10.2. The highest BCUT2D eigenvalue weighted by Crippen LogP contribution is 2.24. The van der Waals surface area contributed by atoms with Crippen molar-refractivity contribution in [2.24, 2.45) is 0 Å². The summed E-state index contributed by atoms with van der Waals surface area (Å²) in [6.45, 7) is 2.46. The SMILES string of the molecule is C[C@H](Sc1ccc2ccccc2n1)C(=O)NCc1ccccc1. The number of fused-ring (bicyclic) bond motifs is 1. The van der Waals surface area contributed by atoms with Crippen LogP contribution in [-0.2, 0) is 11.3 Å². The molecule has 2 aromatic carbocycles. The molecule has 0 saturated heterocycles. The Labute approximate surface area is 140 Å². The van der Waals surface area contributed by atoms with Crippen LogP contribution in [0.2, 0.25) is 0 Å². The van der Waals surface area contributed by atoms with E-state index < -0.39 is 0 Å². The Kier molecular flexibility index (Phi) is 4.93. The largest absolute Gasteiger partial charge is 0.351 e. The van der Waals surface area contributed by atoms with Gasteiger partial charge in [0.1, 0.15) is 0 Å². The predicted molar refractivity (Wildman–Crippen MR) is 95.4 cm³/mol. The summed E-state index contributed by atoms with van der Waals surface area (Å²) in [4.78, 5) is 16.8. The molecule has 0 saturated carbocycles. The maximum absolute atomic E-state index is 12.2. The van der Waals surface area contributed by atoms with Crippen LogP contribution in [0, 0.1) is 0 Å². The number of thioether (sulfide) groups is 1. The first-order chi connectivity index (χ1) is 11.2. The highest BCUT2D eigenvalue weighted by Gasteiger charge is 2.14. The zero-order valence-electron chi connectivity index (χ0n) is 12.9. The van der Waals surface area contributed by atoms with E-state index in [-0.39, 0.29) is 11.2 Å². The maximum atomic E-state index is 12.2. The number of aromatic nitrogens is 1. The van der Waals surface area contributed by atoms with E-state index >= 15 is 0 Å². The molecule has 0 aliphatic heterocycles. The van der Waals surface area contributed by atoms with Gasteiger partial charge in [-0.05, 0) is 24.6 Å². The minimum absolute atomic E-state index is 0.0220. The fourth-order valence-corrected chi connectivity index (χ4v) is 3.13. The van der Waals surface area contributed by atoms with Gasteiger partial charge in [-0.1, -0.05) is 66.4 Å². The van der Waals surface area contributed by atoms with Gasteiger partial charge in [0.2, 0.25) is 5.91 Å². The molecule has 0 aliphatic rings. The Morgan fingerprint density at radius 2 is 1.78 bits per heavy atom. The Bertz CT molecular complexity index is 805. The second kappa shape index (κ2) is 7.29. The number of carbonyl (C=O) groups is 1. The van der Waals surface area contributed by atoms with Crippen LogP contribution in [0.15, 0.2) is 71.8 Å². The highest BCUT2D eigenvalue weighted by atomic mass is 32.2. The van der Waals surface area contributed by atoms with Crippen molar-refractivity contribution in [1.29, 1.82) is 0 Å². The normalized spacial score (nSPS) is 12.0. The number of hydrogen-bond acceptors (Lipinski definition) is 3. The van der Waals surface area contributed by atoms with E-state index in [4.69, 9.17) is 0 Å². The molecule has 1 aromatic heterocycles. The average molecular weight is 322 g/mol. The van der Waals surface area contributed by atoms with Crippen LogP contribution in [0.1, 0.15) is 12.5 Å². The summed E-state index contributed by atoms with van der Waals surface area (Å²) in [6.07, 6.45) is 0. The van der Waals surface area contributed by atoms with Gasteiger partial charge in [0, 0.05) is 11.9 Å². The van der Waals surface area contributed by atoms with Crippen molar-refractivity contribution in [1.82, 2.24) is 10.3 Å². The van der Waals surface area contributed by atoms with E-state index in [1.165, 1.54) is 11.8 Å². The van der Waals surface area contributed by atoms with Crippen molar-refractivity contribution in [3.05, 3.63) is 72.3 Å². The summed E-state index contributed by atoms with van der Waals surface area (Å²) in [5, 5.41) is 4.76. The number of carbonyl (C=O) groups excluding carboxylic acids is 1. The molecule has 1 heterocycles. The van der Waals surface area contributed by atoms with Gasteiger partial charge in [0.05, 0.1) is 15.8 Å². The zero-order chi connectivity index (χ0) is 16.1. The smallest absolute Gasteiger partial charge is 0.233 e. The third-order valence-electron chi connectivity index (χ3n) is 3.55. The Morgan fingerprint density at radius 1 is 1.04 bits per heavy atom. The zero-order valence-corrected chi connectivity index (χ0v) is 13.7. The lowest BCUT2D eigenvalue weighted by Gasteiger charge is -2.12. The number of amides is 1. The van der Waals surface area contributed by atoms with E-state index in [0.29, 0.717) is 6.54 Å². The van der Waals surface area contributed by atoms with Gasteiger partial charge in [-0.15, -0.1) is 0 Å². The van der Waals surface area contributed by atoms with E-state index in [1.54, 1.807) is 0 Å². The minimum Gasteiger partial charge on any atom is -0.351 e. The van der Waals surface area contributed by atoms with Crippen molar-refractivity contribution in [2.45, 2.75) is 23.7 Å². The molecular formula is C19H18N2OS. The molecule has 3 aromatic rings. The number of pyridine rings is 1. The first kappa shape index (κ1) is 15.6. The fraction of sp³-hybridized carbons (Fsp3) is 0.158.